The summed E-state index contributed by atoms with van der Waals surface area (Å²) in [6.07, 6.45) is 3.19. The Bertz CT molecular complexity index is 849. The molecule has 0 aromatic heterocycles. The van der Waals surface area contributed by atoms with E-state index in [-0.39, 0.29) is 6.04 Å². The number of para-hydroxylation sites is 1. The van der Waals surface area contributed by atoms with Crippen molar-refractivity contribution in [1.29, 1.82) is 0 Å². The molecule has 6 nitrogen and oxygen atoms in total. The van der Waals surface area contributed by atoms with Crippen LogP contribution in [0.5, 0.6) is 5.75 Å². The van der Waals surface area contributed by atoms with Crippen molar-refractivity contribution in [1.82, 2.24) is 10.6 Å². The van der Waals surface area contributed by atoms with Crippen molar-refractivity contribution in [3.8, 4) is 5.75 Å². The lowest BCUT2D eigenvalue weighted by molar-refractivity contribution is -0.0390. The molecule has 2 aromatic rings. The average Bonchev–Trinajstić information content (AvgIpc) is 2.81. The first kappa shape index (κ1) is 20.7. The van der Waals surface area contributed by atoms with E-state index < -0.39 is 0 Å². The van der Waals surface area contributed by atoms with Gasteiger partial charge in [0.05, 0.1) is 25.4 Å². The molecule has 1 saturated heterocycles. The summed E-state index contributed by atoms with van der Waals surface area (Å²) in [6, 6.07) is 16.9. The molecule has 0 aliphatic carbocycles. The SMILES string of the molecule is CN=C(NCc1cccc(COC2CCOCC2)c1)NC1CCOc2ccccc21. The molecule has 0 spiro atoms. The zero-order chi connectivity index (χ0) is 20.6. The molecule has 0 amide bonds. The van der Waals surface area contributed by atoms with Gasteiger partial charge in [0.15, 0.2) is 5.96 Å². The van der Waals surface area contributed by atoms with Crippen LogP contribution in [0.4, 0.5) is 0 Å². The molecule has 2 heterocycles. The van der Waals surface area contributed by atoms with Gasteiger partial charge in [-0.15, -0.1) is 0 Å². The van der Waals surface area contributed by atoms with E-state index in [0.717, 1.165) is 44.2 Å². The number of ether oxygens (including phenoxy) is 3. The third kappa shape index (κ3) is 5.52. The fourth-order valence-electron chi connectivity index (χ4n) is 3.92. The van der Waals surface area contributed by atoms with E-state index in [1.165, 1.54) is 16.7 Å². The standard InChI is InChI=1S/C24H31N3O3/c1-25-24(27-22-11-14-29-23-8-3-2-7-21(22)23)26-16-18-5-4-6-19(15-18)17-30-20-9-12-28-13-10-20/h2-8,15,20,22H,9-14,16-17H2,1H3,(H2,25,26,27). The molecule has 6 heteroatoms. The van der Waals surface area contributed by atoms with Crippen LogP contribution >= 0.6 is 0 Å². The van der Waals surface area contributed by atoms with Crippen molar-refractivity contribution in [3.05, 3.63) is 65.2 Å². The van der Waals surface area contributed by atoms with E-state index in [9.17, 15) is 0 Å². The van der Waals surface area contributed by atoms with Crippen LogP contribution in [0.15, 0.2) is 53.5 Å². The molecule has 1 fully saturated rings. The zero-order valence-corrected chi connectivity index (χ0v) is 17.6. The smallest absolute Gasteiger partial charge is 0.191 e. The molecule has 30 heavy (non-hydrogen) atoms. The lowest BCUT2D eigenvalue weighted by atomic mass is 10.0. The van der Waals surface area contributed by atoms with Gasteiger partial charge in [0.25, 0.3) is 0 Å². The normalized spacial score (nSPS) is 19.6. The summed E-state index contributed by atoms with van der Waals surface area (Å²) >= 11 is 0. The van der Waals surface area contributed by atoms with Gasteiger partial charge in [0.2, 0.25) is 0 Å². The van der Waals surface area contributed by atoms with E-state index in [1.54, 1.807) is 7.05 Å². The number of nitrogens with one attached hydrogen (secondary N) is 2. The number of fused-ring (bicyclic) bond motifs is 1. The Morgan fingerprint density at radius 3 is 2.73 bits per heavy atom. The molecule has 0 saturated carbocycles. The maximum Gasteiger partial charge on any atom is 0.191 e. The van der Waals surface area contributed by atoms with Gasteiger partial charge in [-0.25, -0.2) is 0 Å². The molecule has 4 rings (SSSR count). The highest BCUT2D eigenvalue weighted by Gasteiger charge is 2.21. The van der Waals surface area contributed by atoms with Gasteiger partial charge >= 0.3 is 0 Å². The summed E-state index contributed by atoms with van der Waals surface area (Å²) in [5, 5.41) is 6.97. The fraction of sp³-hybridized carbons (Fsp3) is 0.458. The molecule has 2 aliphatic rings. The maximum atomic E-state index is 6.06. The summed E-state index contributed by atoms with van der Waals surface area (Å²) < 4.78 is 17.2. The van der Waals surface area contributed by atoms with Crippen molar-refractivity contribution in [2.45, 2.75) is 44.6 Å². The second kappa shape index (κ2) is 10.5. The highest BCUT2D eigenvalue weighted by molar-refractivity contribution is 5.80. The Hall–Kier alpha value is -2.57. The molecule has 2 aliphatic heterocycles. The van der Waals surface area contributed by atoms with Gasteiger partial charge in [0.1, 0.15) is 5.75 Å². The van der Waals surface area contributed by atoms with Gasteiger partial charge in [0, 0.05) is 38.8 Å². The van der Waals surface area contributed by atoms with Gasteiger partial charge in [-0.1, -0.05) is 42.5 Å². The van der Waals surface area contributed by atoms with E-state index in [0.29, 0.717) is 25.9 Å². The maximum absolute atomic E-state index is 6.06. The van der Waals surface area contributed by atoms with Crippen LogP contribution in [-0.2, 0) is 22.6 Å². The second-order valence-electron chi connectivity index (χ2n) is 7.74. The molecule has 1 atom stereocenters. The Morgan fingerprint density at radius 2 is 1.87 bits per heavy atom. The summed E-state index contributed by atoms with van der Waals surface area (Å²) in [5.74, 6) is 1.74. The largest absolute Gasteiger partial charge is 0.493 e. The molecule has 0 bridgehead atoms. The molecule has 0 radical (unpaired) electrons. The number of guanidine groups is 1. The third-order valence-electron chi connectivity index (χ3n) is 5.60. The first-order chi connectivity index (χ1) is 14.8. The number of aliphatic imine (C=N–C) groups is 1. The van der Waals surface area contributed by atoms with Crippen LogP contribution in [0.25, 0.3) is 0 Å². The number of hydrogen-bond acceptors (Lipinski definition) is 4. The lowest BCUT2D eigenvalue weighted by Gasteiger charge is -2.28. The number of nitrogens with zero attached hydrogens (tertiary/aromatic N) is 1. The van der Waals surface area contributed by atoms with Crippen molar-refractivity contribution in [3.63, 3.8) is 0 Å². The van der Waals surface area contributed by atoms with Gasteiger partial charge in [-0.05, 0) is 30.0 Å². The molecule has 1 unspecified atom stereocenters. The van der Waals surface area contributed by atoms with Gasteiger partial charge in [-0.3, -0.25) is 4.99 Å². The monoisotopic (exact) mass is 409 g/mol. The second-order valence-corrected chi connectivity index (χ2v) is 7.74. The number of rotatable bonds is 6. The molecular formula is C24H31N3O3. The Balaban J connectivity index is 1.30. The summed E-state index contributed by atoms with van der Waals surface area (Å²) in [6.45, 7) is 3.66. The third-order valence-corrected chi connectivity index (χ3v) is 5.60. The highest BCUT2D eigenvalue weighted by atomic mass is 16.5. The van der Waals surface area contributed by atoms with Gasteiger partial charge in [-0.2, -0.15) is 0 Å². The van der Waals surface area contributed by atoms with E-state index in [2.05, 4.69) is 46.0 Å². The minimum atomic E-state index is 0.195. The minimum absolute atomic E-state index is 0.195. The summed E-state index contributed by atoms with van der Waals surface area (Å²) in [7, 11) is 1.80. The molecular weight excluding hydrogens is 378 g/mol. The Kier molecular flexibility index (Phi) is 7.21. The number of benzene rings is 2. The van der Waals surface area contributed by atoms with E-state index in [1.807, 2.05) is 18.2 Å². The summed E-state index contributed by atoms with van der Waals surface area (Å²) in [4.78, 5) is 4.41. The predicted octanol–water partition coefficient (Wildman–Crippen LogP) is 3.57. The van der Waals surface area contributed by atoms with Crippen LogP contribution in [0.3, 0.4) is 0 Å². The first-order valence-electron chi connectivity index (χ1n) is 10.8. The Morgan fingerprint density at radius 1 is 1.03 bits per heavy atom. The highest BCUT2D eigenvalue weighted by Crippen LogP contribution is 2.31. The topological polar surface area (TPSA) is 64.1 Å². The van der Waals surface area contributed by atoms with Crippen LogP contribution in [0.2, 0.25) is 0 Å². The van der Waals surface area contributed by atoms with Crippen molar-refractivity contribution < 1.29 is 14.2 Å². The predicted molar refractivity (Wildman–Crippen MR) is 118 cm³/mol. The lowest BCUT2D eigenvalue weighted by Crippen LogP contribution is -2.40. The van der Waals surface area contributed by atoms with Crippen molar-refractivity contribution >= 4 is 5.96 Å². The zero-order valence-electron chi connectivity index (χ0n) is 17.6. The van der Waals surface area contributed by atoms with Crippen molar-refractivity contribution in [2.24, 2.45) is 4.99 Å². The first-order valence-corrected chi connectivity index (χ1v) is 10.8. The number of hydrogen-bond donors (Lipinski definition) is 2. The molecule has 2 aromatic carbocycles. The van der Waals surface area contributed by atoms with Crippen molar-refractivity contribution in [2.75, 3.05) is 26.9 Å². The molecule has 2 N–H and O–H groups in total. The van der Waals surface area contributed by atoms with Crippen LogP contribution < -0.4 is 15.4 Å². The van der Waals surface area contributed by atoms with Crippen LogP contribution in [0, 0.1) is 0 Å². The van der Waals surface area contributed by atoms with E-state index in [4.69, 9.17) is 14.2 Å². The van der Waals surface area contributed by atoms with Gasteiger partial charge < -0.3 is 24.8 Å². The summed E-state index contributed by atoms with van der Waals surface area (Å²) in [5.41, 5.74) is 3.58. The van der Waals surface area contributed by atoms with Crippen LogP contribution in [0.1, 0.15) is 42.0 Å². The minimum Gasteiger partial charge on any atom is -0.493 e. The average molecular weight is 410 g/mol. The molecule has 160 valence electrons. The van der Waals surface area contributed by atoms with E-state index >= 15 is 0 Å². The Labute approximate surface area is 178 Å². The fourth-order valence-corrected chi connectivity index (χ4v) is 3.92. The quantitative estimate of drug-likeness (QED) is 0.564. The van der Waals surface area contributed by atoms with Crippen LogP contribution in [-0.4, -0.2) is 38.9 Å².